The third-order valence-corrected chi connectivity index (χ3v) is 4.49. The van der Waals surface area contributed by atoms with Crippen molar-refractivity contribution in [1.29, 1.82) is 0 Å². The molecule has 5 heteroatoms. The molecule has 1 aliphatic rings. The summed E-state index contributed by atoms with van der Waals surface area (Å²) in [7, 11) is -1.13. The SMILES string of the molecule is CC1CCC(CS(=O)c2ccc(C(=O)O)cc2)O1. The van der Waals surface area contributed by atoms with E-state index in [9.17, 15) is 9.00 Å². The highest BCUT2D eigenvalue weighted by Crippen LogP contribution is 2.21. The van der Waals surface area contributed by atoms with Gasteiger partial charge in [-0.25, -0.2) is 4.79 Å². The predicted octanol–water partition coefficient (Wildman–Crippen LogP) is 2.06. The van der Waals surface area contributed by atoms with Crippen molar-refractivity contribution in [3.8, 4) is 0 Å². The highest BCUT2D eigenvalue weighted by molar-refractivity contribution is 7.85. The zero-order valence-electron chi connectivity index (χ0n) is 10.2. The molecule has 0 amide bonds. The molecule has 0 radical (unpaired) electrons. The molecule has 1 aromatic rings. The van der Waals surface area contributed by atoms with Crippen LogP contribution in [0.2, 0.25) is 0 Å². The van der Waals surface area contributed by atoms with Crippen LogP contribution >= 0.6 is 0 Å². The Kier molecular flexibility index (Phi) is 4.14. The molecule has 1 saturated heterocycles. The Morgan fingerprint density at radius 3 is 2.56 bits per heavy atom. The molecule has 0 saturated carbocycles. The number of hydrogen-bond acceptors (Lipinski definition) is 3. The number of hydrogen-bond donors (Lipinski definition) is 1. The molecule has 1 N–H and O–H groups in total. The molecule has 3 atom stereocenters. The van der Waals surface area contributed by atoms with Crippen molar-refractivity contribution in [2.75, 3.05) is 5.75 Å². The lowest BCUT2D eigenvalue weighted by Crippen LogP contribution is -2.17. The minimum atomic E-state index is -1.13. The molecule has 1 heterocycles. The van der Waals surface area contributed by atoms with E-state index in [0.29, 0.717) is 10.6 Å². The van der Waals surface area contributed by atoms with E-state index >= 15 is 0 Å². The Morgan fingerprint density at radius 1 is 1.39 bits per heavy atom. The topological polar surface area (TPSA) is 63.6 Å². The van der Waals surface area contributed by atoms with E-state index in [-0.39, 0.29) is 17.8 Å². The lowest BCUT2D eigenvalue weighted by atomic mass is 10.2. The van der Waals surface area contributed by atoms with Crippen LogP contribution < -0.4 is 0 Å². The van der Waals surface area contributed by atoms with Crippen molar-refractivity contribution in [3.05, 3.63) is 29.8 Å². The average molecular weight is 268 g/mol. The molecule has 0 aliphatic carbocycles. The van der Waals surface area contributed by atoms with Crippen LogP contribution in [-0.4, -0.2) is 33.2 Å². The van der Waals surface area contributed by atoms with Crippen LogP contribution in [0.15, 0.2) is 29.2 Å². The molecule has 98 valence electrons. The maximum atomic E-state index is 12.1. The van der Waals surface area contributed by atoms with Crippen LogP contribution in [0, 0.1) is 0 Å². The lowest BCUT2D eigenvalue weighted by molar-refractivity contribution is 0.0689. The van der Waals surface area contributed by atoms with E-state index < -0.39 is 16.8 Å². The second-order valence-corrected chi connectivity index (χ2v) is 5.98. The van der Waals surface area contributed by atoms with Gasteiger partial charge in [-0.05, 0) is 44.0 Å². The van der Waals surface area contributed by atoms with Gasteiger partial charge >= 0.3 is 5.97 Å². The van der Waals surface area contributed by atoms with Gasteiger partial charge in [0.15, 0.2) is 0 Å². The molecule has 0 spiro atoms. The summed E-state index contributed by atoms with van der Waals surface area (Å²) >= 11 is 0. The van der Waals surface area contributed by atoms with Gasteiger partial charge in [0.2, 0.25) is 0 Å². The Balaban J connectivity index is 1.98. The van der Waals surface area contributed by atoms with Crippen molar-refractivity contribution in [3.63, 3.8) is 0 Å². The minimum absolute atomic E-state index is 0.0555. The Bertz CT molecular complexity index is 455. The summed E-state index contributed by atoms with van der Waals surface area (Å²) in [5.41, 5.74) is 0.210. The zero-order valence-corrected chi connectivity index (χ0v) is 11.0. The van der Waals surface area contributed by atoms with E-state index in [4.69, 9.17) is 9.84 Å². The van der Waals surface area contributed by atoms with Crippen molar-refractivity contribution < 1.29 is 18.8 Å². The third-order valence-electron chi connectivity index (χ3n) is 3.02. The standard InChI is InChI=1S/C13H16O4S/c1-9-2-5-11(17-9)8-18(16)12-6-3-10(4-7-12)13(14)15/h3-4,6-7,9,11H,2,5,8H2,1H3,(H,14,15). The number of carboxylic acid groups (broad SMARTS) is 1. The smallest absolute Gasteiger partial charge is 0.335 e. The van der Waals surface area contributed by atoms with Crippen LogP contribution in [0.5, 0.6) is 0 Å². The molecule has 2 rings (SSSR count). The molecule has 1 aromatic carbocycles. The number of carboxylic acids is 1. The molecular weight excluding hydrogens is 252 g/mol. The van der Waals surface area contributed by atoms with E-state index in [0.717, 1.165) is 12.8 Å². The fourth-order valence-corrected chi connectivity index (χ4v) is 3.24. The van der Waals surface area contributed by atoms with Gasteiger partial charge < -0.3 is 9.84 Å². The highest BCUT2D eigenvalue weighted by atomic mass is 32.2. The first kappa shape index (κ1) is 13.2. The third kappa shape index (κ3) is 3.17. The molecule has 0 aromatic heterocycles. The van der Waals surface area contributed by atoms with Crippen LogP contribution in [0.3, 0.4) is 0 Å². The van der Waals surface area contributed by atoms with Crippen LogP contribution in [0.1, 0.15) is 30.1 Å². The van der Waals surface area contributed by atoms with Gasteiger partial charge in [0, 0.05) is 4.90 Å². The maximum absolute atomic E-state index is 12.1. The number of carbonyl (C=O) groups is 1. The molecule has 3 unspecified atom stereocenters. The summed E-state index contributed by atoms with van der Waals surface area (Å²) in [5, 5.41) is 8.78. The second-order valence-electron chi connectivity index (χ2n) is 4.49. The predicted molar refractivity (Wildman–Crippen MR) is 68.2 cm³/mol. The molecule has 1 fully saturated rings. The minimum Gasteiger partial charge on any atom is -0.478 e. The van der Waals surface area contributed by atoms with E-state index in [1.165, 1.54) is 12.1 Å². The van der Waals surface area contributed by atoms with Crippen molar-refractivity contribution in [2.45, 2.75) is 36.9 Å². The summed E-state index contributed by atoms with van der Waals surface area (Å²) in [5.74, 6) is -0.489. The monoisotopic (exact) mass is 268 g/mol. The molecule has 4 nitrogen and oxygen atoms in total. The maximum Gasteiger partial charge on any atom is 0.335 e. The van der Waals surface area contributed by atoms with Gasteiger partial charge in [0.1, 0.15) is 0 Å². The molecule has 0 bridgehead atoms. The summed E-state index contributed by atoms with van der Waals surface area (Å²) < 4.78 is 17.7. The number of aromatic carboxylic acids is 1. The summed E-state index contributed by atoms with van der Waals surface area (Å²) in [6.07, 6.45) is 2.27. The Morgan fingerprint density at radius 2 is 2.06 bits per heavy atom. The van der Waals surface area contributed by atoms with Crippen LogP contribution in [0.25, 0.3) is 0 Å². The van der Waals surface area contributed by atoms with Crippen LogP contribution in [0.4, 0.5) is 0 Å². The molecule has 18 heavy (non-hydrogen) atoms. The van der Waals surface area contributed by atoms with Gasteiger partial charge in [0.05, 0.1) is 34.3 Å². The first-order valence-electron chi connectivity index (χ1n) is 5.93. The average Bonchev–Trinajstić information content (AvgIpc) is 2.75. The van der Waals surface area contributed by atoms with Gasteiger partial charge in [-0.2, -0.15) is 0 Å². The van der Waals surface area contributed by atoms with E-state index in [1.807, 2.05) is 6.92 Å². The van der Waals surface area contributed by atoms with Gasteiger partial charge in [-0.3, -0.25) is 4.21 Å². The fourth-order valence-electron chi connectivity index (χ4n) is 2.02. The van der Waals surface area contributed by atoms with E-state index in [2.05, 4.69) is 0 Å². The first-order chi connectivity index (χ1) is 8.56. The number of ether oxygens (including phenoxy) is 1. The normalized spacial score (nSPS) is 24.9. The highest BCUT2D eigenvalue weighted by Gasteiger charge is 2.24. The number of benzene rings is 1. The molecule has 1 aliphatic heterocycles. The summed E-state index contributed by atoms with van der Waals surface area (Å²) in [4.78, 5) is 11.4. The first-order valence-corrected chi connectivity index (χ1v) is 7.25. The Labute approximate surface area is 108 Å². The van der Waals surface area contributed by atoms with Gasteiger partial charge in [-0.1, -0.05) is 0 Å². The largest absolute Gasteiger partial charge is 0.478 e. The lowest BCUT2D eigenvalue weighted by Gasteiger charge is -2.10. The van der Waals surface area contributed by atoms with Crippen molar-refractivity contribution in [1.82, 2.24) is 0 Å². The fraction of sp³-hybridized carbons (Fsp3) is 0.462. The van der Waals surface area contributed by atoms with Gasteiger partial charge in [0.25, 0.3) is 0 Å². The van der Waals surface area contributed by atoms with Crippen molar-refractivity contribution >= 4 is 16.8 Å². The second kappa shape index (κ2) is 5.63. The van der Waals surface area contributed by atoms with Crippen LogP contribution in [-0.2, 0) is 15.5 Å². The quantitative estimate of drug-likeness (QED) is 0.908. The number of rotatable bonds is 4. The zero-order chi connectivity index (χ0) is 13.1. The van der Waals surface area contributed by atoms with E-state index in [1.54, 1.807) is 12.1 Å². The Hall–Kier alpha value is -1.20. The van der Waals surface area contributed by atoms with Gasteiger partial charge in [-0.15, -0.1) is 0 Å². The molecular formula is C13H16O4S. The van der Waals surface area contributed by atoms with Crippen molar-refractivity contribution in [2.24, 2.45) is 0 Å². The summed E-state index contributed by atoms with van der Waals surface area (Å²) in [6.45, 7) is 2.02. The summed E-state index contributed by atoms with van der Waals surface area (Å²) in [6, 6.07) is 6.18.